The van der Waals surface area contributed by atoms with Crippen LogP contribution in [-0.4, -0.2) is 60.5 Å². The van der Waals surface area contributed by atoms with Gasteiger partial charge < -0.3 is 10.2 Å². The van der Waals surface area contributed by atoms with Gasteiger partial charge in [-0.15, -0.1) is 12.4 Å². The molecule has 0 aromatic heterocycles. The van der Waals surface area contributed by atoms with Crippen LogP contribution < -0.4 is 5.32 Å². The highest BCUT2D eigenvalue weighted by Crippen LogP contribution is 2.26. The van der Waals surface area contributed by atoms with Gasteiger partial charge in [0, 0.05) is 38.3 Å². The summed E-state index contributed by atoms with van der Waals surface area (Å²) < 4.78 is 0. The Bertz CT molecular complexity index is 295. The molecule has 0 aromatic carbocycles. The van der Waals surface area contributed by atoms with Crippen molar-refractivity contribution < 1.29 is 4.79 Å². The van der Waals surface area contributed by atoms with Crippen molar-refractivity contribution in [3.8, 4) is 0 Å². The van der Waals surface area contributed by atoms with Gasteiger partial charge in [0.2, 0.25) is 5.91 Å². The van der Waals surface area contributed by atoms with Gasteiger partial charge in [-0.25, -0.2) is 0 Å². The van der Waals surface area contributed by atoms with Crippen LogP contribution in [0.15, 0.2) is 0 Å². The summed E-state index contributed by atoms with van der Waals surface area (Å²) in [6.45, 7) is 7.25. The molecule has 2 atom stereocenters. The van der Waals surface area contributed by atoms with Gasteiger partial charge in [0.25, 0.3) is 0 Å². The van der Waals surface area contributed by atoms with E-state index in [2.05, 4.69) is 22.0 Å². The van der Waals surface area contributed by atoms with E-state index in [4.69, 9.17) is 0 Å². The van der Waals surface area contributed by atoms with Crippen LogP contribution in [-0.2, 0) is 4.79 Å². The Morgan fingerprint density at radius 3 is 2.71 bits per heavy atom. The van der Waals surface area contributed by atoms with Crippen molar-refractivity contribution >= 4 is 18.3 Å². The summed E-state index contributed by atoms with van der Waals surface area (Å²) in [5.41, 5.74) is 0. The lowest BCUT2D eigenvalue weighted by Gasteiger charge is -2.44. The van der Waals surface area contributed by atoms with Crippen molar-refractivity contribution in [2.75, 3.05) is 32.7 Å². The number of carbonyl (C=O) groups is 1. The fourth-order valence-corrected chi connectivity index (χ4v) is 3.19. The first-order chi connectivity index (χ1) is 7.75. The van der Waals surface area contributed by atoms with Gasteiger partial charge in [0.1, 0.15) is 0 Å². The zero-order valence-electron chi connectivity index (χ0n) is 10.4. The molecule has 0 radical (unpaired) electrons. The summed E-state index contributed by atoms with van der Waals surface area (Å²) in [5.74, 6) is 0.646. The second kappa shape index (κ2) is 5.12. The molecule has 17 heavy (non-hydrogen) atoms. The second-order valence-corrected chi connectivity index (χ2v) is 5.49. The fourth-order valence-electron chi connectivity index (χ4n) is 3.19. The number of rotatable bonds is 1. The molecule has 0 spiro atoms. The van der Waals surface area contributed by atoms with Crippen LogP contribution in [0.4, 0.5) is 0 Å². The Morgan fingerprint density at radius 1 is 1.29 bits per heavy atom. The lowest BCUT2D eigenvalue weighted by molar-refractivity contribution is -0.142. The maximum Gasteiger partial charge on any atom is 0.228 e. The molecule has 1 N–H and O–H groups in total. The topological polar surface area (TPSA) is 35.6 Å². The Balaban J connectivity index is 0.00000108. The molecule has 3 fully saturated rings. The zero-order valence-corrected chi connectivity index (χ0v) is 11.2. The Hall–Kier alpha value is -0.320. The molecule has 0 bridgehead atoms. The Morgan fingerprint density at radius 2 is 2.06 bits per heavy atom. The number of hydrogen-bond acceptors (Lipinski definition) is 3. The highest BCUT2D eigenvalue weighted by Gasteiger charge is 2.39. The maximum absolute atomic E-state index is 12.2. The van der Waals surface area contributed by atoms with E-state index in [0.717, 1.165) is 26.2 Å². The van der Waals surface area contributed by atoms with Crippen molar-refractivity contribution in [2.24, 2.45) is 5.92 Å². The van der Waals surface area contributed by atoms with E-state index in [1.54, 1.807) is 0 Å². The van der Waals surface area contributed by atoms with E-state index in [-0.39, 0.29) is 18.3 Å². The van der Waals surface area contributed by atoms with Gasteiger partial charge in [0.05, 0.1) is 5.92 Å². The molecule has 5 heteroatoms. The van der Waals surface area contributed by atoms with Crippen LogP contribution in [0.3, 0.4) is 0 Å². The van der Waals surface area contributed by atoms with E-state index < -0.39 is 0 Å². The van der Waals surface area contributed by atoms with E-state index in [1.165, 1.54) is 19.4 Å². The van der Waals surface area contributed by atoms with Gasteiger partial charge in [0.15, 0.2) is 0 Å². The third-order valence-corrected chi connectivity index (χ3v) is 4.35. The van der Waals surface area contributed by atoms with Crippen LogP contribution in [0.2, 0.25) is 0 Å². The lowest BCUT2D eigenvalue weighted by atomic mass is 9.98. The van der Waals surface area contributed by atoms with Crippen molar-refractivity contribution in [3.05, 3.63) is 0 Å². The Labute approximate surface area is 109 Å². The van der Waals surface area contributed by atoms with Crippen LogP contribution in [0.1, 0.15) is 19.8 Å². The van der Waals surface area contributed by atoms with Crippen molar-refractivity contribution in [3.63, 3.8) is 0 Å². The molecule has 1 amide bonds. The first-order valence-corrected chi connectivity index (χ1v) is 6.51. The number of nitrogens with one attached hydrogen (secondary N) is 1. The molecule has 98 valence electrons. The summed E-state index contributed by atoms with van der Waals surface area (Å²) in [5, 5.41) is 3.18. The molecule has 3 aliphatic rings. The average molecular weight is 260 g/mol. The standard InChI is InChI=1S/C12H21N3O.ClH/c1-9-7-14-4-2-3-11(14)8-15(9)12(16)10-5-13-6-10;/h9-11,13H,2-8H2,1H3;1H. The first-order valence-electron chi connectivity index (χ1n) is 6.51. The van der Waals surface area contributed by atoms with Gasteiger partial charge in [-0.3, -0.25) is 9.69 Å². The largest absolute Gasteiger partial charge is 0.337 e. The van der Waals surface area contributed by atoms with Crippen molar-refractivity contribution in [1.29, 1.82) is 0 Å². The Kier molecular flexibility index (Phi) is 3.95. The molecule has 4 nitrogen and oxygen atoms in total. The van der Waals surface area contributed by atoms with E-state index >= 15 is 0 Å². The molecule has 0 aromatic rings. The van der Waals surface area contributed by atoms with Gasteiger partial charge in [-0.05, 0) is 26.3 Å². The molecule has 3 heterocycles. The molecule has 0 saturated carbocycles. The minimum Gasteiger partial charge on any atom is -0.337 e. The van der Waals surface area contributed by atoms with Crippen LogP contribution >= 0.6 is 12.4 Å². The minimum absolute atomic E-state index is 0. The first kappa shape index (κ1) is 13.1. The summed E-state index contributed by atoms with van der Waals surface area (Å²) in [6.07, 6.45) is 2.59. The van der Waals surface area contributed by atoms with Crippen LogP contribution in [0.5, 0.6) is 0 Å². The number of carbonyl (C=O) groups excluding carboxylic acids is 1. The van der Waals surface area contributed by atoms with Gasteiger partial charge >= 0.3 is 0 Å². The predicted molar refractivity (Wildman–Crippen MR) is 69.4 cm³/mol. The summed E-state index contributed by atoms with van der Waals surface area (Å²) in [4.78, 5) is 16.9. The molecule has 3 rings (SSSR count). The molecule has 3 saturated heterocycles. The third kappa shape index (κ3) is 2.30. The van der Waals surface area contributed by atoms with Crippen molar-refractivity contribution in [1.82, 2.24) is 15.1 Å². The van der Waals surface area contributed by atoms with E-state index in [0.29, 0.717) is 18.0 Å². The maximum atomic E-state index is 12.2. The van der Waals surface area contributed by atoms with E-state index in [9.17, 15) is 4.79 Å². The normalized spacial score (nSPS) is 33.8. The lowest BCUT2D eigenvalue weighted by Crippen LogP contribution is -2.61. The summed E-state index contributed by atoms with van der Waals surface area (Å²) >= 11 is 0. The van der Waals surface area contributed by atoms with Crippen LogP contribution in [0.25, 0.3) is 0 Å². The number of nitrogens with zero attached hydrogens (tertiary/aromatic N) is 2. The quantitative estimate of drug-likeness (QED) is 0.737. The second-order valence-electron chi connectivity index (χ2n) is 5.49. The van der Waals surface area contributed by atoms with Gasteiger partial charge in [-0.2, -0.15) is 0 Å². The fraction of sp³-hybridized carbons (Fsp3) is 0.917. The molecule has 0 aliphatic carbocycles. The monoisotopic (exact) mass is 259 g/mol. The highest BCUT2D eigenvalue weighted by atomic mass is 35.5. The minimum atomic E-state index is 0. The number of amides is 1. The summed E-state index contributed by atoms with van der Waals surface area (Å²) in [6, 6.07) is 1.05. The van der Waals surface area contributed by atoms with Crippen molar-refractivity contribution in [2.45, 2.75) is 31.8 Å². The van der Waals surface area contributed by atoms with Gasteiger partial charge in [-0.1, -0.05) is 0 Å². The number of fused-ring (bicyclic) bond motifs is 1. The molecule has 2 unspecified atom stereocenters. The smallest absolute Gasteiger partial charge is 0.228 e. The van der Waals surface area contributed by atoms with Crippen LogP contribution in [0, 0.1) is 5.92 Å². The average Bonchev–Trinajstić information content (AvgIpc) is 2.60. The summed E-state index contributed by atoms with van der Waals surface area (Å²) in [7, 11) is 0. The number of hydrogen-bond donors (Lipinski definition) is 1. The molecular weight excluding hydrogens is 238 g/mol. The number of piperazine rings is 1. The highest BCUT2D eigenvalue weighted by molar-refractivity contribution is 5.85. The van der Waals surface area contributed by atoms with E-state index in [1.807, 2.05) is 0 Å². The number of halogens is 1. The molecular formula is C12H22ClN3O. The zero-order chi connectivity index (χ0) is 11.1. The third-order valence-electron chi connectivity index (χ3n) is 4.35. The predicted octanol–water partition coefficient (Wildman–Crippen LogP) is 0.323. The molecule has 3 aliphatic heterocycles. The SMILES string of the molecule is CC1CN2CCCC2CN1C(=O)C1CNC1.Cl.